The van der Waals surface area contributed by atoms with Gasteiger partial charge in [-0.3, -0.25) is 14.9 Å². The number of ether oxygens (including phenoxy) is 1. The summed E-state index contributed by atoms with van der Waals surface area (Å²) < 4.78 is 9.34. The van der Waals surface area contributed by atoms with Gasteiger partial charge in [0.05, 0.1) is 17.8 Å². The number of aryl methyl sites for hydroxylation is 1. The number of carbonyl (C=O) groups is 2. The number of imide groups is 1. The molecule has 0 radical (unpaired) electrons. The summed E-state index contributed by atoms with van der Waals surface area (Å²) in [6, 6.07) is 16.0. The van der Waals surface area contributed by atoms with Crippen LogP contribution < -0.4 is 10.6 Å². The molecule has 242 valence electrons. The van der Waals surface area contributed by atoms with E-state index in [1.807, 2.05) is 115 Å². The summed E-state index contributed by atoms with van der Waals surface area (Å²) >= 11 is 0. The number of hydrogen-bond acceptors (Lipinski definition) is 5. The molecular formula is C36H55N5O3. The van der Waals surface area contributed by atoms with Crippen LogP contribution in [0.2, 0.25) is 0 Å². The van der Waals surface area contributed by atoms with Crippen LogP contribution in [-0.2, 0) is 27.9 Å². The Labute approximate surface area is 265 Å². The lowest BCUT2D eigenvalue weighted by atomic mass is 9.95. The van der Waals surface area contributed by atoms with Gasteiger partial charge in [0.2, 0.25) is 0 Å². The van der Waals surface area contributed by atoms with E-state index in [1.54, 1.807) is 7.11 Å². The van der Waals surface area contributed by atoms with Crippen molar-refractivity contribution in [1.29, 1.82) is 0 Å². The van der Waals surface area contributed by atoms with Gasteiger partial charge in [-0.05, 0) is 32.8 Å². The maximum atomic E-state index is 13.1. The molecule has 2 amide bonds. The van der Waals surface area contributed by atoms with Crippen molar-refractivity contribution in [2.75, 3.05) is 47.4 Å². The summed E-state index contributed by atoms with van der Waals surface area (Å²) in [5.41, 5.74) is 4.47. The molecule has 44 heavy (non-hydrogen) atoms. The van der Waals surface area contributed by atoms with Crippen molar-refractivity contribution in [2.24, 2.45) is 7.05 Å². The Bertz CT molecular complexity index is 1480. The molecule has 1 aliphatic rings. The van der Waals surface area contributed by atoms with Crippen LogP contribution >= 0.6 is 0 Å². The molecule has 0 bridgehead atoms. The van der Waals surface area contributed by atoms with Crippen molar-refractivity contribution in [2.45, 2.75) is 55.0 Å². The number of likely N-dealkylation sites (N-methyl/N-ethyl adjacent to an activating group) is 1. The molecule has 0 fully saturated rings. The highest BCUT2D eigenvalue weighted by molar-refractivity contribution is 6.50. The summed E-state index contributed by atoms with van der Waals surface area (Å²) in [5.74, 6) is -0.708. The van der Waals surface area contributed by atoms with Crippen LogP contribution in [0, 0.1) is 0 Å². The molecule has 0 spiro atoms. The van der Waals surface area contributed by atoms with Crippen LogP contribution in [0.3, 0.4) is 0 Å². The fraction of sp³-hybridized carbons (Fsp3) is 0.444. The highest BCUT2D eigenvalue weighted by atomic mass is 16.5. The third-order valence-corrected chi connectivity index (χ3v) is 6.91. The number of para-hydroxylation sites is 2. The van der Waals surface area contributed by atoms with Crippen molar-refractivity contribution in [3.63, 3.8) is 0 Å². The van der Waals surface area contributed by atoms with Gasteiger partial charge in [0.25, 0.3) is 11.8 Å². The van der Waals surface area contributed by atoms with E-state index < -0.39 is 0 Å². The zero-order valence-corrected chi connectivity index (χ0v) is 28.9. The average Bonchev–Trinajstić information content (AvgIpc) is 3.71. The van der Waals surface area contributed by atoms with E-state index in [1.165, 1.54) is 0 Å². The Morgan fingerprint density at radius 1 is 0.795 bits per heavy atom. The monoisotopic (exact) mass is 605 g/mol. The fourth-order valence-corrected chi connectivity index (χ4v) is 4.78. The van der Waals surface area contributed by atoms with Gasteiger partial charge >= 0.3 is 0 Å². The molecule has 8 nitrogen and oxygen atoms in total. The van der Waals surface area contributed by atoms with Crippen molar-refractivity contribution >= 4 is 44.8 Å². The first kappa shape index (κ1) is 38.3. The molecular weight excluding hydrogens is 550 g/mol. The van der Waals surface area contributed by atoms with Gasteiger partial charge in [-0.25, -0.2) is 0 Å². The first-order chi connectivity index (χ1) is 21.4. The summed E-state index contributed by atoms with van der Waals surface area (Å²) in [4.78, 5) is 28.4. The van der Waals surface area contributed by atoms with E-state index in [-0.39, 0.29) is 11.8 Å². The number of amides is 2. The summed E-state index contributed by atoms with van der Waals surface area (Å²) in [6.45, 7) is 18.3. The van der Waals surface area contributed by atoms with Gasteiger partial charge in [0.15, 0.2) is 0 Å². The Hall–Kier alpha value is -3.72. The number of carbonyl (C=O) groups excluding carboxylic acids is 2. The topological polar surface area (TPSA) is 80.5 Å². The maximum Gasteiger partial charge on any atom is 0.259 e. The van der Waals surface area contributed by atoms with Gasteiger partial charge in [-0.1, -0.05) is 84.9 Å². The number of rotatable bonds is 9. The molecule has 0 saturated heterocycles. The summed E-state index contributed by atoms with van der Waals surface area (Å²) in [5, 5.41) is 7.38. The highest BCUT2D eigenvalue weighted by Gasteiger charge is 2.35. The van der Waals surface area contributed by atoms with Crippen LogP contribution in [0.25, 0.3) is 33.0 Å². The maximum absolute atomic E-state index is 13.1. The fourth-order valence-electron chi connectivity index (χ4n) is 4.78. The quantitative estimate of drug-likeness (QED) is 0.211. The molecule has 3 heterocycles. The molecule has 0 saturated carbocycles. The van der Waals surface area contributed by atoms with Crippen LogP contribution in [0.15, 0.2) is 60.9 Å². The third-order valence-electron chi connectivity index (χ3n) is 6.91. The average molecular weight is 606 g/mol. The number of hydrogen-bond donors (Lipinski definition) is 2. The Kier molecular flexibility index (Phi) is 17.7. The van der Waals surface area contributed by atoms with E-state index in [9.17, 15) is 9.59 Å². The molecule has 0 atom stereocenters. The second-order valence-corrected chi connectivity index (χ2v) is 9.46. The SMILES string of the molecule is CC.CC.CC.CCNC.COCCN(C)CCn1cc(C2=C(c3cn(C)c4ccccc34)C(=O)NC2=O)c2ccccc21. The molecule has 2 aromatic heterocycles. The molecule has 4 aromatic rings. The third kappa shape index (κ3) is 9.14. The zero-order chi connectivity index (χ0) is 33.2. The Morgan fingerprint density at radius 2 is 1.27 bits per heavy atom. The second-order valence-electron chi connectivity index (χ2n) is 9.46. The van der Waals surface area contributed by atoms with Gasteiger partial charge in [0, 0.05) is 79.1 Å². The molecule has 1 aliphatic heterocycles. The smallest absolute Gasteiger partial charge is 0.259 e. The minimum Gasteiger partial charge on any atom is -0.383 e. The van der Waals surface area contributed by atoms with Gasteiger partial charge in [-0.15, -0.1) is 0 Å². The molecule has 2 aromatic carbocycles. The normalized spacial score (nSPS) is 12.1. The lowest BCUT2D eigenvalue weighted by molar-refractivity contribution is -0.122. The molecule has 2 N–H and O–H groups in total. The number of methoxy groups -OCH3 is 1. The van der Waals surface area contributed by atoms with E-state index >= 15 is 0 Å². The molecule has 0 aliphatic carbocycles. The van der Waals surface area contributed by atoms with Crippen molar-refractivity contribution < 1.29 is 14.3 Å². The number of aromatic nitrogens is 2. The van der Waals surface area contributed by atoms with E-state index in [4.69, 9.17) is 4.74 Å². The van der Waals surface area contributed by atoms with E-state index in [0.717, 1.165) is 59.1 Å². The van der Waals surface area contributed by atoms with Crippen molar-refractivity contribution in [3.8, 4) is 0 Å². The number of fused-ring (bicyclic) bond motifs is 2. The predicted octanol–water partition coefficient (Wildman–Crippen LogP) is 6.58. The molecule has 5 rings (SSSR count). The Morgan fingerprint density at radius 3 is 1.80 bits per heavy atom. The number of nitrogens with zero attached hydrogens (tertiary/aromatic N) is 3. The standard InChI is InChI=1S/C27H28N4O3.C3H9N.3C2H6/c1-29(14-15-34-3)12-13-31-17-21(19-9-5-7-11-23(19)31)25-24(26(32)28-27(25)33)20-16-30(2)22-10-6-4-8-18(20)22;1-3-4-2;3*1-2/h4-11,16-17H,12-15H2,1-3H3,(H,28,32,33);4H,3H2,1-2H3;3*1-2H3. The van der Waals surface area contributed by atoms with Crippen molar-refractivity contribution in [1.82, 2.24) is 24.7 Å². The first-order valence-corrected chi connectivity index (χ1v) is 16.0. The zero-order valence-electron chi connectivity index (χ0n) is 28.9. The highest BCUT2D eigenvalue weighted by Crippen LogP contribution is 2.38. The lowest BCUT2D eigenvalue weighted by Crippen LogP contribution is -2.26. The molecule has 8 heteroatoms. The minimum atomic E-state index is -0.354. The molecule has 0 unspecified atom stereocenters. The van der Waals surface area contributed by atoms with Crippen LogP contribution in [0.4, 0.5) is 0 Å². The van der Waals surface area contributed by atoms with Crippen LogP contribution in [0.1, 0.15) is 59.6 Å². The van der Waals surface area contributed by atoms with Gasteiger partial charge in [-0.2, -0.15) is 0 Å². The van der Waals surface area contributed by atoms with Crippen molar-refractivity contribution in [3.05, 3.63) is 72.1 Å². The lowest BCUT2D eigenvalue weighted by Gasteiger charge is -2.16. The minimum absolute atomic E-state index is 0.354. The van der Waals surface area contributed by atoms with Gasteiger partial charge < -0.3 is 24.1 Å². The summed E-state index contributed by atoms with van der Waals surface area (Å²) in [7, 11) is 7.65. The van der Waals surface area contributed by atoms with Crippen LogP contribution in [-0.4, -0.2) is 73.3 Å². The van der Waals surface area contributed by atoms with E-state index in [2.05, 4.69) is 40.1 Å². The first-order valence-electron chi connectivity index (χ1n) is 16.0. The van der Waals surface area contributed by atoms with Crippen LogP contribution in [0.5, 0.6) is 0 Å². The summed E-state index contributed by atoms with van der Waals surface area (Å²) in [6.07, 6.45) is 3.94. The predicted molar refractivity (Wildman–Crippen MR) is 188 cm³/mol. The number of nitrogens with one attached hydrogen (secondary N) is 2. The number of benzene rings is 2. The van der Waals surface area contributed by atoms with E-state index in [0.29, 0.717) is 17.8 Å². The Balaban J connectivity index is 0.000000868. The second kappa shape index (κ2) is 20.3. The largest absolute Gasteiger partial charge is 0.383 e. The van der Waals surface area contributed by atoms with Gasteiger partial charge in [0.1, 0.15) is 0 Å².